The molecule has 2 saturated heterocycles. The minimum absolute atomic E-state index is 0.0866. The van der Waals surface area contributed by atoms with Crippen molar-refractivity contribution in [1.29, 1.82) is 0 Å². The van der Waals surface area contributed by atoms with E-state index in [1.807, 2.05) is 6.08 Å². The average molecular weight is 312 g/mol. The Morgan fingerprint density at radius 1 is 0.913 bits per heavy atom. The third-order valence-electron chi connectivity index (χ3n) is 5.08. The zero-order chi connectivity index (χ0) is 16.3. The zero-order valence-corrected chi connectivity index (χ0v) is 12.8. The SMILES string of the molecule is COc1ccc(N2C(=O)[C@H]3[C@H](C2=O)[C@@H]2C=C[C@@H]3C(=O)N2C)cc1. The normalized spacial score (nSPS) is 31.8. The number of methoxy groups -OCH3 is 1. The van der Waals surface area contributed by atoms with E-state index in [0.717, 1.165) is 0 Å². The van der Waals surface area contributed by atoms with Crippen molar-refractivity contribution in [3.63, 3.8) is 0 Å². The number of anilines is 1. The first-order valence-corrected chi connectivity index (χ1v) is 7.51. The molecule has 0 saturated carbocycles. The van der Waals surface area contributed by atoms with Gasteiger partial charge in [0.15, 0.2) is 0 Å². The van der Waals surface area contributed by atoms with Gasteiger partial charge in [0.2, 0.25) is 17.7 Å². The molecule has 6 heteroatoms. The molecule has 1 aliphatic carbocycles. The Morgan fingerprint density at radius 2 is 1.57 bits per heavy atom. The Balaban J connectivity index is 1.74. The summed E-state index contributed by atoms with van der Waals surface area (Å²) in [7, 11) is 3.24. The van der Waals surface area contributed by atoms with Crippen molar-refractivity contribution >= 4 is 23.4 Å². The van der Waals surface area contributed by atoms with Crippen molar-refractivity contribution in [2.75, 3.05) is 19.1 Å². The van der Waals surface area contributed by atoms with E-state index in [4.69, 9.17) is 4.74 Å². The van der Waals surface area contributed by atoms with Crippen LogP contribution < -0.4 is 9.64 Å². The molecule has 3 aliphatic heterocycles. The molecule has 4 aliphatic rings. The van der Waals surface area contributed by atoms with Crippen LogP contribution in [0.1, 0.15) is 0 Å². The highest BCUT2D eigenvalue weighted by molar-refractivity contribution is 6.24. The Morgan fingerprint density at radius 3 is 2.22 bits per heavy atom. The average Bonchev–Trinajstić information content (AvgIpc) is 2.84. The van der Waals surface area contributed by atoms with Crippen molar-refractivity contribution in [2.24, 2.45) is 17.8 Å². The van der Waals surface area contributed by atoms with E-state index in [9.17, 15) is 14.4 Å². The molecule has 118 valence electrons. The molecule has 0 N–H and O–H groups in total. The maximum absolute atomic E-state index is 12.8. The van der Waals surface area contributed by atoms with Gasteiger partial charge in [0.1, 0.15) is 5.75 Å². The van der Waals surface area contributed by atoms with Crippen LogP contribution in [0.3, 0.4) is 0 Å². The summed E-state index contributed by atoms with van der Waals surface area (Å²) in [5, 5.41) is 0. The van der Waals surface area contributed by atoms with Crippen LogP contribution in [0.2, 0.25) is 0 Å². The molecule has 23 heavy (non-hydrogen) atoms. The van der Waals surface area contributed by atoms with Gasteiger partial charge in [-0.2, -0.15) is 0 Å². The van der Waals surface area contributed by atoms with E-state index in [0.29, 0.717) is 11.4 Å². The summed E-state index contributed by atoms with van der Waals surface area (Å²) >= 11 is 0. The van der Waals surface area contributed by atoms with Gasteiger partial charge in [0.05, 0.1) is 36.6 Å². The van der Waals surface area contributed by atoms with Gasteiger partial charge in [-0.25, -0.2) is 4.90 Å². The number of hydrogen-bond acceptors (Lipinski definition) is 4. The lowest BCUT2D eigenvalue weighted by Crippen LogP contribution is -2.57. The van der Waals surface area contributed by atoms with Crippen molar-refractivity contribution in [2.45, 2.75) is 6.04 Å². The number of carbonyl (C=O) groups excluding carboxylic acids is 3. The summed E-state index contributed by atoms with van der Waals surface area (Å²) in [6, 6.07) is 6.46. The standard InChI is InChI=1S/C17H16N2O4/c1-18-12-8-7-11(15(18)20)13-14(12)17(22)19(16(13)21)9-3-5-10(23-2)6-4-9/h3-8,11-14H,1-2H3/t11-,12-,13+,14+/m0/s1. The number of benzene rings is 1. The van der Waals surface area contributed by atoms with Crippen LogP contribution in [-0.4, -0.2) is 42.8 Å². The highest BCUT2D eigenvalue weighted by Crippen LogP contribution is 2.46. The second kappa shape index (κ2) is 4.68. The molecule has 2 fully saturated rings. The molecular formula is C17H16N2O4. The van der Waals surface area contributed by atoms with Crippen LogP contribution in [0, 0.1) is 17.8 Å². The molecule has 0 radical (unpaired) electrons. The van der Waals surface area contributed by atoms with Gasteiger partial charge in [0, 0.05) is 7.05 Å². The molecule has 0 unspecified atom stereocenters. The number of piperidine rings is 1. The minimum atomic E-state index is -0.580. The monoisotopic (exact) mass is 312 g/mol. The van der Waals surface area contributed by atoms with Gasteiger partial charge < -0.3 is 9.64 Å². The number of rotatable bonds is 2. The number of likely N-dealkylation sites (N-methyl/N-ethyl adjacent to an activating group) is 1. The summed E-state index contributed by atoms with van der Waals surface area (Å²) in [6.45, 7) is 0. The smallest absolute Gasteiger partial charge is 0.240 e. The molecular weight excluding hydrogens is 296 g/mol. The number of nitrogens with zero attached hydrogens (tertiary/aromatic N) is 2. The van der Waals surface area contributed by atoms with Gasteiger partial charge >= 0.3 is 0 Å². The Labute approximate surface area is 133 Å². The van der Waals surface area contributed by atoms with Gasteiger partial charge in [0.25, 0.3) is 0 Å². The fourth-order valence-electron chi connectivity index (χ4n) is 3.90. The third kappa shape index (κ3) is 1.72. The Hall–Kier alpha value is -2.63. The van der Waals surface area contributed by atoms with E-state index >= 15 is 0 Å². The van der Waals surface area contributed by atoms with Crippen LogP contribution in [0.25, 0.3) is 0 Å². The molecule has 5 rings (SSSR count). The summed E-state index contributed by atoms with van der Waals surface area (Å²) < 4.78 is 5.10. The molecule has 6 nitrogen and oxygen atoms in total. The molecule has 0 spiro atoms. The predicted molar refractivity (Wildman–Crippen MR) is 81.7 cm³/mol. The van der Waals surface area contributed by atoms with E-state index < -0.39 is 17.8 Å². The van der Waals surface area contributed by atoms with Crippen LogP contribution in [0.5, 0.6) is 5.75 Å². The van der Waals surface area contributed by atoms with Gasteiger partial charge in [-0.1, -0.05) is 12.2 Å². The number of imide groups is 1. The molecule has 3 amide bonds. The predicted octanol–water partition coefficient (Wildman–Crippen LogP) is 0.827. The number of ether oxygens (including phenoxy) is 1. The van der Waals surface area contributed by atoms with Crippen LogP contribution in [0.4, 0.5) is 5.69 Å². The van der Waals surface area contributed by atoms with Gasteiger partial charge in [-0.3, -0.25) is 14.4 Å². The van der Waals surface area contributed by atoms with Crippen molar-refractivity contribution in [1.82, 2.24) is 4.90 Å². The maximum Gasteiger partial charge on any atom is 0.240 e. The molecule has 1 aromatic rings. The van der Waals surface area contributed by atoms with E-state index in [1.165, 1.54) is 4.90 Å². The number of amides is 3. The maximum atomic E-state index is 12.8. The topological polar surface area (TPSA) is 66.9 Å². The number of hydrogen-bond donors (Lipinski definition) is 0. The second-order valence-corrected chi connectivity index (χ2v) is 6.11. The van der Waals surface area contributed by atoms with Crippen molar-refractivity contribution in [3.05, 3.63) is 36.4 Å². The highest BCUT2D eigenvalue weighted by Gasteiger charge is 2.61. The molecule has 0 aromatic heterocycles. The highest BCUT2D eigenvalue weighted by atomic mass is 16.5. The Bertz CT molecular complexity index is 739. The van der Waals surface area contributed by atoms with E-state index in [1.54, 1.807) is 49.4 Å². The van der Waals surface area contributed by atoms with Crippen LogP contribution in [0.15, 0.2) is 36.4 Å². The van der Waals surface area contributed by atoms with Crippen molar-refractivity contribution in [3.8, 4) is 5.75 Å². The number of carbonyl (C=O) groups is 3. The third-order valence-corrected chi connectivity index (χ3v) is 5.08. The summed E-state index contributed by atoms with van der Waals surface area (Å²) in [5.41, 5.74) is 0.518. The van der Waals surface area contributed by atoms with Crippen LogP contribution >= 0.6 is 0 Å². The van der Waals surface area contributed by atoms with E-state index in [-0.39, 0.29) is 23.8 Å². The fourth-order valence-corrected chi connectivity index (χ4v) is 3.90. The van der Waals surface area contributed by atoms with Crippen molar-refractivity contribution < 1.29 is 19.1 Å². The first-order valence-electron chi connectivity index (χ1n) is 7.51. The quantitative estimate of drug-likeness (QED) is 0.599. The molecule has 4 atom stereocenters. The van der Waals surface area contributed by atoms with Gasteiger partial charge in [-0.15, -0.1) is 0 Å². The first kappa shape index (κ1) is 14.0. The van der Waals surface area contributed by atoms with Gasteiger partial charge in [-0.05, 0) is 24.3 Å². The van der Waals surface area contributed by atoms with Crippen LogP contribution in [-0.2, 0) is 14.4 Å². The summed E-state index contributed by atoms with van der Waals surface area (Å²) in [5.74, 6) is -1.55. The fraction of sp³-hybridized carbons (Fsp3) is 0.353. The molecule has 2 bridgehead atoms. The first-order chi connectivity index (χ1) is 11.0. The molecule has 1 aromatic carbocycles. The lowest BCUT2D eigenvalue weighted by molar-refractivity contribution is -0.148. The minimum Gasteiger partial charge on any atom is -0.497 e. The lowest BCUT2D eigenvalue weighted by atomic mass is 9.70. The Kier molecular flexibility index (Phi) is 2.85. The largest absolute Gasteiger partial charge is 0.497 e. The summed E-state index contributed by atoms with van der Waals surface area (Å²) in [6.07, 6.45) is 3.65. The summed E-state index contributed by atoms with van der Waals surface area (Å²) in [4.78, 5) is 40.7. The lowest BCUT2D eigenvalue weighted by Gasteiger charge is -2.44. The van der Waals surface area contributed by atoms with E-state index in [2.05, 4.69) is 0 Å². The molecule has 3 heterocycles. The second-order valence-electron chi connectivity index (χ2n) is 6.11. The zero-order valence-electron chi connectivity index (χ0n) is 12.8. The number of fused-ring (bicyclic) bond motifs is 1.